The number of rotatable bonds is 10. The summed E-state index contributed by atoms with van der Waals surface area (Å²) >= 11 is 0. The summed E-state index contributed by atoms with van der Waals surface area (Å²) in [5.41, 5.74) is 1.87. The SMILES string of the molecule is CC[C@@H](C)NC(=O)[C@@H](CC)N(Cc1cccc(OC)c1)C(=O)Cc1ccccc1. The second kappa shape index (κ2) is 11.2. The minimum atomic E-state index is -0.522. The molecule has 2 aromatic carbocycles. The van der Waals surface area contributed by atoms with Gasteiger partial charge in [0, 0.05) is 12.6 Å². The Kier molecular flexibility index (Phi) is 8.71. The Hall–Kier alpha value is -2.82. The number of carbonyl (C=O) groups excluding carboxylic acids is 2. The highest BCUT2D eigenvalue weighted by Gasteiger charge is 2.29. The van der Waals surface area contributed by atoms with Gasteiger partial charge in [0.15, 0.2) is 0 Å². The average Bonchev–Trinajstić information content (AvgIpc) is 2.74. The standard InChI is InChI=1S/C24H32N2O3/c1-5-18(3)25-24(28)22(6-2)26(17-20-13-10-14-21(15-20)29-4)23(27)16-19-11-8-7-9-12-19/h7-15,18,22H,5-6,16-17H2,1-4H3,(H,25,28)/t18-,22-/m1/s1. The van der Waals surface area contributed by atoms with Gasteiger partial charge in [-0.2, -0.15) is 0 Å². The van der Waals surface area contributed by atoms with Crippen LogP contribution in [0, 0.1) is 0 Å². The van der Waals surface area contributed by atoms with Gasteiger partial charge in [0.2, 0.25) is 11.8 Å². The highest BCUT2D eigenvalue weighted by atomic mass is 16.5. The van der Waals surface area contributed by atoms with Crippen LogP contribution in [0.2, 0.25) is 0 Å². The van der Waals surface area contributed by atoms with Gasteiger partial charge >= 0.3 is 0 Å². The van der Waals surface area contributed by atoms with Gasteiger partial charge in [0.05, 0.1) is 13.5 Å². The van der Waals surface area contributed by atoms with E-state index in [9.17, 15) is 9.59 Å². The molecule has 0 aliphatic carbocycles. The highest BCUT2D eigenvalue weighted by molar-refractivity contribution is 5.88. The third kappa shape index (κ3) is 6.63. The number of nitrogens with one attached hydrogen (secondary N) is 1. The van der Waals surface area contributed by atoms with E-state index in [0.717, 1.165) is 23.3 Å². The first kappa shape index (κ1) is 22.5. The van der Waals surface area contributed by atoms with Gasteiger partial charge in [-0.25, -0.2) is 0 Å². The van der Waals surface area contributed by atoms with Crippen LogP contribution in [0.15, 0.2) is 54.6 Å². The summed E-state index contributed by atoms with van der Waals surface area (Å²) in [5.74, 6) is 0.561. The molecular weight excluding hydrogens is 364 g/mol. The van der Waals surface area contributed by atoms with E-state index in [-0.39, 0.29) is 24.3 Å². The lowest BCUT2D eigenvalue weighted by molar-refractivity contribution is -0.141. The lowest BCUT2D eigenvalue weighted by Gasteiger charge is -2.31. The van der Waals surface area contributed by atoms with Gasteiger partial charge in [-0.3, -0.25) is 9.59 Å². The Bertz CT molecular complexity index is 792. The van der Waals surface area contributed by atoms with Crippen LogP contribution in [0.5, 0.6) is 5.75 Å². The number of hydrogen-bond donors (Lipinski definition) is 1. The van der Waals surface area contributed by atoms with E-state index in [1.807, 2.05) is 75.4 Å². The molecule has 29 heavy (non-hydrogen) atoms. The maximum absolute atomic E-state index is 13.2. The lowest BCUT2D eigenvalue weighted by atomic mass is 10.1. The molecule has 0 fully saturated rings. The number of carbonyl (C=O) groups is 2. The number of methoxy groups -OCH3 is 1. The van der Waals surface area contributed by atoms with E-state index in [0.29, 0.717) is 13.0 Å². The maximum Gasteiger partial charge on any atom is 0.243 e. The number of nitrogens with zero attached hydrogens (tertiary/aromatic N) is 1. The van der Waals surface area contributed by atoms with Crippen molar-refractivity contribution >= 4 is 11.8 Å². The summed E-state index contributed by atoms with van der Waals surface area (Å²) in [6, 6.07) is 16.8. The molecule has 2 amide bonds. The Morgan fingerprint density at radius 2 is 1.69 bits per heavy atom. The molecule has 0 saturated carbocycles. The van der Waals surface area contributed by atoms with Crippen LogP contribution >= 0.6 is 0 Å². The first-order valence-electron chi connectivity index (χ1n) is 10.2. The fourth-order valence-corrected chi connectivity index (χ4v) is 3.20. The molecule has 0 unspecified atom stereocenters. The van der Waals surface area contributed by atoms with E-state index in [4.69, 9.17) is 4.74 Å². The maximum atomic E-state index is 13.2. The zero-order valence-corrected chi connectivity index (χ0v) is 17.9. The molecule has 0 aliphatic rings. The number of ether oxygens (including phenoxy) is 1. The van der Waals surface area contributed by atoms with Gasteiger partial charge in [0.1, 0.15) is 11.8 Å². The molecule has 5 nitrogen and oxygen atoms in total. The molecule has 156 valence electrons. The molecule has 5 heteroatoms. The summed E-state index contributed by atoms with van der Waals surface area (Å²) in [6.45, 7) is 6.30. The summed E-state index contributed by atoms with van der Waals surface area (Å²) in [4.78, 5) is 27.9. The van der Waals surface area contributed by atoms with E-state index in [1.165, 1.54) is 0 Å². The van der Waals surface area contributed by atoms with Gasteiger partial charge in [-0.15, -0.1) is 0 Å². The monoisotopic (exact) mass is 396 g/mol. The lowest BCUT2D eigenvalue weighted by Crippen LogP contribution is -2.51. The normalized spacial score (nSPS) is 12.7. The molecule has 0 aromatic heterocycles. The fraction of sp³-hybridized carbons (Fsp3) is 0.417. The van der Waals surface area contributed by atoms with Crippen LogP contribution in [0.25, 0.3) is 0 Å². The second-order valence-electron chi connectivity index (χ2n) is 7.28. The molecule has 0 bridgehead atoms. The van der Waals surface area contributed by atoms with Crippen molar-refractivity contribution < 1.29 is 14.3 Å². The summed E-state index contributed by atoms with van der Waals surface area (Å²) in [5, 5.41) is 3.03. The van der Waals surface area contributed by atoms with Crippen molar-refractivity contribution in [1.29, 1.82) is 0 Å². The smallest absolute Gasteiger partial charge is 0.243 e. The van der Waals surface area contributed by atoms with Crippen molar-refractivity contribution in [3.8, 4) is 5.75 Å². The van der Waals surface area contributed by atoms with Crippen molar-refractivity contribution in [2.24, 2.45) is 0 Å². The van der Waals surface area contributed by atoms with E-state index in [2.05, 4.69) is 5.32 Å². The Morgan fingerprint density at radius 1 is 1.00 bits per heavy atom. The number of hydrogen-bond acceptors (Lipinski definition) is 3. The molecule has 0 spiro atoms. The largest absolute Gasteiger partial charge is 0.497 e. The average molecular weight is 397 g/mol. The highest BCUT2D eigenvalue weighted by Crippen LogP contribution is 2.18. The van der Waals surface area contributed by atoms with Crippen molar-refractivity contribution in [1.82, 2.24) is 10.2 Å². The van der Waals surface area contributed by atoms with Crippen LogP contribution in [-0.2, 0) is 22.6 Å². The quantitative estimate of drug-likeness (QED) is 0.661. The predicted octanol–water partition coefficient (Wildman–Crippen LogP) is 3.96. The zero-order chi connectivity index (χ0) is 21.2. The van der Waals surface area contributed by atoms with Crippen LogP contribution < -0.4 is 10.1 Å². The van der Waals surface area contributed by atoms with Crippen LogP contribution in [0.1, 0.15) is 44.7 Å². The van der Waals surface area contributed by atoms with Gasteiger partial charge in [0.25, 0.3) is 0 Å². The topological polar surface area (TPSA) is 58.6 Å². The molecule has 2 aromatic rings. The first-order chi connectivity index (χ1) is 14.0. The Labute approximate surface area is 174 Å². The van der Waals surface area contributed by atoms with Gasteiger partial charge < -0.3 is 15.0 Å². The van der Waals surface area contributed by atoms with Crippen molar-refractivity contribution in [2.45, 2.75) is 58.7 Å². The molecular formula is C24H32N2O3. The molecule has 2 rings (SSSR count). The first-order valence-corrected chi connectivity index (χ1v) is 10.2. The minimum Gasteiger partial charge on any atom is -0.497 e. The summed E-state index contributed by atoms with van der Waals surface area (Å²) in [7, 11) is 1.62. The minimum absolute atomic E-state index is 0.0647. The molecule has 0 saturated heterocycles. The van der Waals surface area contributed by atoms with E-state index >= 15 is 0 Å². The second-order valence-corrected chi connectivity index (χ2v) is 7.28. The van der Waals surface area contributed by atoms with Crippen molar-refractivity contribution in [3.63, 3.8) is 0 Å². The summed E-state index contributed by atoms with van der Waals surface area (Å²) in [6.07, 6.45) is 1.65. The third-order valence-electron chi connectivity index (χ3n) is 5.07. The van der Waals surface area contributed by atoms with E-state index in [1.54, 1.807) is 12.0 Å². The zero-order valence-electron chi connectivity index (χ0n) is 17.9. The molecule has 2 atom stereocenters. The number of benzene rings is 2. The van der Waals surface area contributed by atoms with Crippen LogP contribution in [0.4, 0.5) is 0 Å². The molecule has 0 radical (unpaired) electrons. The Balaban J connectivity index is 2.29. The molecule has 0 heterocycles. The van der Waals surface area contributed by atoms with Crippen molar-refractivity contribution in [2.75, 3.05) is 7.11 Å². The van der Waals surface area contributed by atoms with Gasteiger partial charge in [-0.05, 0) is 43.0 Å². The number of amides is 2. The fourth-order valence-electron chi connectivity index (χ4n) is 3.20. The molecule has 0 aliphatic heterocycles. The Morgan fingerprint density at radius 3 is 2.31 bits per heavy atom. The van der Waals surface area contributed by atoms with Crippen molar-refractivity contribution in [3.05, 3.63) is 65.7 Å². The molecule has 1 N–H and O–H groups in total. The summed E-state index contributed by atoms with van der Waals surface area (Å²) < 4.78 is 5.31. The van der Waals surface area contributed by atoms with Gasteiger partial charge in [-0.1, -0.05) is 56.3 Å². The van der Waals surface area contributed by atoms with E-state index < -0.39 is 6.04 Å². The predicted molar refractivity (Wildman–Crippen MR) is 116 cm³/mol. The van der Waals surface area contributed by atoms with Crippen LogP contribution in [-0.4, -0.2) is 35.9 Å². The third-order valence-corrected chi connectivity index (χ3v) is 5.07. The van der Waals surface area contributed by atoms with Crippen LogP contribution in [0.3, 0.4) is 0 Å².